The van der Waals surface area contributed by atoms with E-state index in [0.29, 0.717) is 16.7 Å². The zero-order valence-electron chi connectivity index (χ0n) is 15.8. The van der Waals surface area contributed by atoms with Crippen molar-refractivity contribution in [2.75, 3.05) is 0 Å². The van der Waals surface area contributed by atoms with Crippen LogP contribution in [0.4, 0.5) is 0 Å². The van der Waals surface area contributed by atoms with E-state index in [9.17, 15) is 0 Å². The minimum absolute atomic E-state index is 0. The van der Waals surface area contributed by atoms with Crippen molar-refractivity contribution in [2.45, 2.75) is 61.8 Å². The molecule has 0 fully saturated rings. The van der Waals surface area contributed by atoms with Crippen molar-refractivity contribution in [1.82, 2.24) is 0 Å². The summed E-state index contributed by atoms with van der Waals surface area (Å²) >= 11 is 0. The van der Waals surface area contributed by atoms with E-state index in [0.717, 1.165) is 6.42 Å². The minimum atomic E-state index is 0. The molecule has 2 aliphatic carbocycles. The summed E-state index contributed by atoms with van der Waals surface area (Å²) in [5, 5.41) is 0. The van der Waals surface area contributed by atoms with Gasteiger partial charge in [-0.25, -0.2) is 17.7 Å². The Morgan fingerprint density at radius 1 is 1.00 bits per heavy atom. The second-order valence-corrected chi connectivity index (χ2v) is 7.93. The van der Waals surface area contributed by atoms with Crippen LogP contribution in [0.5, 0.6) is 0 Å². The average Bonchev–Trinajstić information content (AvgIpc) is 2.85. The van der Waals surface area contributed by atoms with Gasteiger partial charge < -0.3 is 24.8 Å². The number of halogens is 2. The van der Waals surface area contributed by atoms with E-state index in [4.69, 9.17) is 0 Å². The zero-order chi connectivity index (χ0) is 15.6. The molecule has 0 N–H and O–H groups in total. The largest absolute Gasteiger partial charge is 4.00 e. The molecule has 0 spiro atoms. The molecule has 1 atom stereocenters. The van der Waals surface area contributed by atoms with Crippen LogP contribution >= 0.6 is 0 Å². The average molecular weight is 433 g/mol. The van der Waals surface area contributed by atoms with Crippen molar-refractivity contribution in [3.05, 3.63) is 47.1 Å². The summed E-state index contributed by atoms with van der Waals surface area (Å²) in [5.74, 6) is 0.522. The maximum Gasteiger partial charge on any atom is 4.00 e. The number of allylic oxidation sites excluding steroid dienone is 8. The predicted molar refractivity (Wildman–Crippen MR) is 89.1 cm³/mol. The molecule has 2 aliphatic rings. The molecule has 0 aromatic carbocycles. The minimum Gasteiger partial charge on any atom is -1.00 e. The van der Waals surface area contributed by atoms with Crippen molar-refractivity contribution >= 4 is 0 Å². The maximum atomic E-state index is 3.30. The van der Waals surface area contributed by atoms with Gasteiger partial charge in [-0.2, -0.15) is 17.2 Å². The van der Waals surface area contributed by atoms with E-state index in [1.54, 1.807) is 0 Å². The van der Waals surface area contributed by atoms with Gasteiger partial charge >= 0.3 is 26.2 Å². The van der Waals surface area contributed by atoms with Crippen LogP contribution in [-0.2, 0) is 26.2 Å². The van der Waals surface area contributed by atoms with Crippen LogP contribution < -0.4 is 24.8 Å². The Labute approximate surface area is 175 Å². The first-order valence-electron chi connectivity index (χ1n) is 7.60. The third-order valence-electron chi connectivity index (χ3n) is 3.71. The van der Waals surface area contributed by atoms with E-state index in [1.807, 2.05) is 0 Å². The molecule has 0 bridgehead atoms. The number of rotatable bonds is 0. The van der Waals surface area contributed by atoms with Crippen molar-refractivity contribution in [1.29, 1.82) is 0 Å². The summed E-state index contributed by atoms with van der Waals surface area (Å²) in [7, 11) is 0. The fraction of sp³-hybridized carbons (Fsp3) is 0.600. The summed E-state index contributed by atoms with van der Waals surface area (Å²) in [4.78, 5) is 0. The van der Waals surface area contributed by atoms with Crippen LogP contribution in [0.1, 0.15) is 61.8 Å². The van der Waals surface area contributed by atoms with Crippen LogP contribution in [0.3, 0.4) is 0 Å². The smallest absolute Gasteiger partial charge is 1.00 e. The Morgan fingerprint density at radius 3 is 1.70 bits per heavy atom. The van der Waals surface area contributed by atoms with E-state index in [2.05, 4.69) is 85.8 Å². The van der Waals surface area contributed by atoms with Crippen LogP contribution in [0.15, 0.2) is 34.9 Å². The van der Waals surface area contributed by atoms with Crippen molar-refractivity contribution in [2.24, 2.45) is 16.7 Å². The first kappa shape index (κ1) is 28.2. The summed E-state index contributed by atoms with van der Waals surface area (Å²) in [5.41, 5.74) is 4.86. The van der Waals surface area contributed by atoms with Gasteiger partial charge in [0.2, 0.25) is 0 Å². The van der Waals surface area contributed by atoms with Crippen LogP contribution in [0, 0.1) is 28.9 Å². The quantitative estimate of drug-likeness (QED) is 0.476. The van der Waals surface area contributed by atoms with Gasteiger partial charge in [0.05, 0.1) is 0 Å². The third-order valence-corrected chi connectivity index (χ3v) is 3.71. The third kappa shape index (κ3) is 10.1. The maximum absolute atomic E-state index is 3.30. The fourth-order valence-electron chi connectivity index (χ4n) is 2.13. The van der Waals surface area contributed by atoms with E-state index < -0.39 is 0 Å². The molecule has 0 aliphatic heterocycles. The molecule has 0 aromatic rings. The second kappa shape index (κ2) is 11.1. The molecule has 0 aromatic heterocycles. The first-order chi connectivity index (χ1) is 9.00. The summed E-state index contributed by atoms with van der Waals surface area (Å²) in [6, 6.07) is 0. The van der Waals surface area contributed by atoms with Gasteiger partial charge in [0.15, 0.2) is 0 Å². The monoisotopic (exact) mass is 430 g/mol. The van der Waals surface area contributed by atoms with Gasteiger partial charge in [-0.05, 0) is 5.41 Å². The first-order valence-corrected chi connectivity index (χ1v) is 7.60. The molecule has 0 saturated heterocycles. The zero-order valence-corrected chi connectivity index (χ0v) is 19.7. The second-order valence-electron chi connectivity index (χ2n) is 7.93. The Balaban J connectivity index is -0.000000308. The molecule has 1 unspecified atom stereocenters. The molecule has 128 valence electrons. The summed E-state index contributed by atoms with van der Waals surface area (Å²) in [6.07, 6.45) is 14.2. The Bertz CT molecular complexity index is 469. The van der Waals surface area contributed by atoms with E-state index >= 15 is 0 Å². The molecule has 3 heteroatoms. The van der Waals surface area contributed by atoms with Crippen molar-refractivity contribution < 1.29 is 51.0 Å². The van der Waals surface area contributed by atoms with E-state index in [-0.39, 0.29) is 51.0 Å². The number of hydrogen-bond acceptors (Lipinski definition) is 0. The Hall–Kier alpha value is 0.423. The summed E-state index contributed by atoms with van der Waals surface area (Å²) in [6.45, 7) is 17.7. The van der Waals surface area contributed by atoms with Gasteiger partial charge in [-0.3, -0.25) is 12.2 Å². The molecule has 0 radical (unpaired) electrons. The molecule has 2 rings (SSSR count). The molecule has 0 heterocycles. The van der Waals surface area contributed by atoms with Crippen molar-refractivity contribution in [3.63, 3.8) is 0 Å². The van der Waals surface area contributed by atoms with Gasteiger partial charge in [-0.1, -0.05) is 66.7 Å². The Kier molecular flexibility index (Phi) is 13.6. The molecule has 0 amide bonds. The van der Waals surface area contributed by atoms with E-state index in [1.165, 1.54) is 16.7 Å². The van der Waals surface area contributed by atoms with Crippen LogP contribution in [0.25, 0.3) is 0 Å². The predicted octanol–water partition coefficient (Wildman–Crippen LogP) is 0.0856. The SMILES string of the molecule is CC1=[C-]CC(C(C)(C)C)=C1.CC1[C-]=CC(C(C)(C)C)=C1.[Cl-].[Cl-].[Zr+4]. The number of hydrogen-bond donors (Lipinski definition) is 0. The topological polar surface area (TPSA) is 0 Å². The molecule has 0 saturated carbocycles. The molecular formula is C20H30Cl2Zr. The summed E-state index contributed by atoms with van der Waals surface area (Å²) < 4.78 is 0. The van der Waals surface area contributed by atoms with Crippen molar-refractivity contribution in [3.8, 4) is 0 Å². The fourth-order valence-corrected chi connectivity index (χ4v) is 2.13. The normalized spacial score (nSPS) is 19.1. The molecular weight excluding hydrogens is 402 g/mol. The molecule has 23 heavy (non-hydrogen) atoms. The van der Waals surface area contributed by atoms with Gasteiger partial charge in [0.1, 0.15) is 0 Å². The Morgan fingerprint density at radius 2 is 1.52 bits per heavy atom. The van der Waals surface area contributed by atoms with Gasteiger partial charge in [0.25, 0.3) is 0 Å². The van der Waals surface area contributed by atoms with Gasteiger partial charge in [0, 0.05) is 0 Å². The van der Waals surface area contributed by atoms with Crippen LogP contribution in [0.2, 0.25) is 0 Å². The molecule has 0 nitrogen and oxygen atoms in total. The standard InChI is InChI=1S/2C10H15.2ClH.Zr/c2*1-8-5-6-9(7-8)10(2,3)4;;;/h7H,6H2,1-4H3;6-8H,1-4H3;2*1H;/q2*-1;;;+4/p-2. The van der Waals surface area contributed by atoms with Gasteiger partial charge in [-0.15, -0.1) is 6.42 Å². The van der Waals surface area contributed by atoms with Crippen LogP contribution in [-0.4, -0.2) is 0 Å².